The highest BCUT2D eigenvalue weighted by Gasteiger charge is 2.25. The number of benzene rings is 2. The Labute approximate surface area is 183 Å². The first-order valence-electron chi connectivity index (χ1n) is 11.1. The Morgan fingerprint density at radius 2 is 1.90 bits per heavy atom. The Morgan fingerprint density at radius 3 is 2.58 bits per heavy atom. The first-order valence-corrected chi connectivity index (χ1v) is 11.1. The van der Waals surface area contributed by atoms with E-state index in [1.54, 1.807) is 0 Å². The quantitative estimate of drug-likeness (QED) is 0.564. The topological polar surface area (TPSA) is 61.4 Å². The van der Waals surface area contributed by atoms with Crippen LogP contribution < -0.4 is 10.6 Å². The average Bonchev–Trinajstić information content (AvgIpc) is 2.70. The lowest BCUT2D eigenvalue weighted by molar-refractivity contribution is -0.120. The molecule has 0 aromatic heterocycles. The summed E-state index contributed by atoms with van der Waals surface area (Å²) < 4.78 is 27.1. The van der Waals surface area contributed by atoms with Crippen LogP contribution in [0.1, 0.15) is 61.4 Å². The highest BCUT2D eigenvalue weighted by molar-refractivity contribution is 5.73. The van der Waals surface area contributed by atoms with E-state index in [1.807, 2.05) is 0 Å². The third-order valence-corrected chi connectivity index (χ3v) is 5.87. The first-order chi connectivity index (χ1) is 14.9. The van der Waals surface area contributed by atoms with E-state index in [0.29, 0.717) is 5.56 Å². The van der Waals surface area contributed by atoms with E-state index in [-0.39, 0.29) is 24.9 Å². The summed E-state index contributed by atoms with van der Waals surface area (Å²) >= 11 is 0. The Hall–Kier alpha value is -2.31. The molecule has 0 spiro atoms. The number of fused-ring (bicyclic) bond motifs is 1. The van der Waals surface area contributed by atoms with E-state index in [1.165, 1.54) is 35.7 Å². The molecule has 1 aliphatic rings. The summed E-state index contributed by atoms with van der Waals surface area (Å²) in [5.41, 5.74) is 4.33. The molecular weight excluding hydrogens is 398 g/mol. The Kier molecular flexibility index (Phi) is 8.15. The molecule has 0 radical (unpaired) electrons. The smallest absolute Gasteiger partial charge is 0.217 e. The summed E-state index contributed by atoms with van der Waals surface area (Å²) in [6.45, 7) is 3.80. The number of aryl methyl sites for hydroxylation is 2. The van der Waals surface area contributed by atoms with Gasteiger partial charge in [-0.3, -0.25) is 4.79 Å². The van der Waals surface area contributed by atoms with Gasteiger partial charge in [0.05, 0.1) is 12.1 Å². The number of halogens is 2. The zero-order valence-corrected chi connectivity index (χ0v) is 18.3. The summed E-state index contributed by atoms with van der Waals surface area (Å²) in [5.74, 6) is -1.65. The van der Waals surface area contributed by atoms with Gasteiger partial charge >= 0.3 is 0 Å². The van der Waals surface area contributed by atoms with Crippen LogP contribution in [-0.4, -0.2) is 29.7 Å². The molecule has 0 saturated carbocycles. The second kappa shape index (κ2) is 10.8. The van der Waals surface area contributed by atoms with Gasteiger partial charge in [-0.15, -0.1) is 0 Å². The molecule has 168 valence electrons. The number of nitrogens with one attached hydrogen (secondary N) is 2. The van der Waals surface area contributed by atoms with Gasteiger partial charge in [0.2, 0.25) is 5.91 Å². The van der Waals surface area contributed by atoms with Gasteiger partial charge < -0.3 is 15.7 Å². The molecule has 1 unspecified atom stereocenters. The van der Waals surface area contributed by atoms with Crippen molar-refractivity contribution in [1.29, 1.82) is 0 Å². The minimum Gasteiger partial charge on any atom is -0.390 e. The predicted octanol–water partition coefficient (Wildman–Crippen LogP) is 3.99. The van der Waals surface area contributed by atoms with Crippen LogP contribution in [0.15, 0.2) is 36.4 Å². The van der Waals surface area contributed by atoms with Gasteiger partial charge in [-0.05, 0) is 66.5 Å². The molecule has 0 saturated heterocycles. The number of hydrogen-bond acceptors (Lipinski definition) is 3. The molecule has 0 bridgehead atoms. The minimum atomic E-state index is -0.903. The molecule has 2 aromatic carbocycles. The van der Waals surface area contributed by atoms with Gasteiger partial charge in [-0.25, -0.2) is 8.78 Å². The second-order valence-corrected chi connectivity index (χ2v) is 8.49. The van der Waals surface area contributed by atoms with Crippen LogP contribution in [0.5, 0.6) is 0 Å². The van der Waals surface area contributed by atoms with Crippen molar-refractivity contribution in [1.82, 2.24) is 10.6 Å². The van der Waals surface area contributed by atoms with Crippen molar-refractivity contribution in [3.05, 3.63) is 70.3 Å². The third-order valence-electron chi connectivity index (χ3n) is 5.87. The fourth-order valence-electron chi connectivity index (χ4n) is 4.44. The maximum absolute atomic E-state index is 13.6. The average molecular weight is 431 g/mol. The van der Waals surface area contributed by atoms with Crippen LogP contribution in [0.25, 0.3) is 0 Å². The third kappa shape index (κ3) is 6.58. The van der Waals surface area contributed by atoms with Crippen LogP contribution in [0.4, 0.5) is 8.78 Å². The van der Waals surface area contributed by atoms with E-state index in [2.05, 4.69) is 35.8 Å². The molecule has 4 nitrogen and oxygen atoms in total. The molecule has 1 amide bonds. The maximum atomic E-state index is 13.6. The zero-order chi connectivity index (χ0) is 22.4. The van der Waals surface area contributed by atoms with Gasteiger partial charge in [0.1, 0.15) is 11.6 Å². The highest BCUT2D eigenvalue weighted by atomic mass is 19.1. The Morgan fingerprint density at radius 1 is 1.16 bits per heavy atom. The van der Waals surface area contributed by atoms with E-state index >= 15 is 0 Å². The minimum absolute atomic E-state index is 0.138. The van der Waals surface area contributed by atoms with Gasteiger partial charge in [-0.1, -0.05) is 31.5 Å². The van der Waals surface area contributed by atoms with Gasteiger partial charge in [0, 0.05) is 25.6 Å². The number of aliphatic hydroxyl groups is 1. The van der Waals surface area contributed by atoms with Gasteiger partial charge in [0.15, 0.2) is 0 Å². The van der Waals surface area contributed by atoms with E-state index in [0.717, 1.165) is 38.2 Å². The number of carbonyl (C=O) groups is 1. The number of amides is 1. The molecule has 3 atom stereocenters. The number of aliphatic hydroxyl groups excluding tert-OH is 1. The van der Waals surface area contributed by atoms with Crippen molar-refractivity contribution in [2.45, 2.75) is 70.6 Å². The van der Waals surface area contributed by atoms with Crippen LogP contribution in [0.2, 0.25) is 0 Å². The molecule has 3 N–H and O–H groups in total. The number of rotatable bonds is 9. The molecule has 6 heteroatoms. The second-order valence-electron chi connectivity index (χ2n) is 8.49. The Balaban J connectivity index is 1.69. The van der Waals surface area contributed by atoms with Crippen molar-refractivity contribution in [3.8, 4) is 0 Å². The summed E-state index contributed by atoms with van der Waals surface area (Å²) in [5, 5.41) is 17.0. The van der Waals surface area contributed by atoms with Crippen LogP contribution in [-0.2, 0) is 24.1 Å². The van der Waals surface area contributed by atoms with Crippen molar-refractivity contribution < 1.29 is 18.7 Å². The van der Waals surface area contributed by atoms with E-state index < -0.39 is 23.8 Å². The van der Waals surface area contributed by atoms with Gasteiger partial charge in [0.25, 0.3) is 0 Å². The largest absolute Gasteiger partial charge is 0.390 e. The standard InChI is InChI=1S/C25H32F2N2O2/c1-3-5-17-8-9-19-6-4-7-23(22(19)12-17)28-15-25(31)24(29-16(2)30)13-18-10-20(26)14-21(27)11-18/h8-12,14,23-25,28,31H,3-7,13,15H2,1-2H3,(H,29,30)/t23-,24?,25+/m0/s1. The summed E-state index contributed by atoms with van der Waals surface area (Å²) in [7, 11) is 0. The zero-order valence-electron chi connectivity index (χ0n) is 18.3. The lowest BCUT2D eigenvalue weighted by Gasteiger charge is -2.30. The molecule has 0 aliphatic heterocycles. The summed E-state index contributed by atoms with van der Waals surface area (Å²) in [6.07, 6.45) is 4.48. The van der Waals surface area contributed by atoms with Crippen molar-refractivity contribution in [2.75, 3.05) is 6.54 Å². The predicted molar refractivity (Wildman–Crippen MR) is 118 cm³/mol. The fraction of sp³-hybridized carbons (Fsp3) is 0.480. The molecule has 0 fully saturated rings. The molecular formula is C25H32F2N2O2. The molecule has 1 aliphatic carbocycles. The lowest BCUT2D eigenvalue weighted by Crippen LogP contribution is -2.48. The normalized spacial score (nSPS) is 17.6. The maximum Gasteiger partial charge on any atom is 0.217 e. The fourth-order valence-corrected chi connectivity index (χ4v) is 4.44. The molecule has 2 aromatic rings. The van der Waals surface area contributed by atoms with Crippen LogP contribution in [0.3, 0.4) is 0 Å². The molecule has 0 heterocycles. The SMILES string of the molecule is CCCc1ccc2c(c1)[C@@H](NC[C@@H](O)C(Cc1cc(F)cc(F)c1)NC(C)=O)CCC2. The van der Waals surface area contributed by atoms with Crippen LogP contribution >= 0.6 is 0 Å². The Bertz CT molecular complexity index is 883. The lowest BCUT2D eigenvalue weighted by atomic mass is 9.86. The van der Waals surface area contributed by atoms with Gasteiger partial charge in [-0.2, -0.15) is 0 Å². The number of carbonyl (C=O) groups excluding carboxylic acids is 1. The summed E-state index contributed by atoms with van der Waals surface area (Å²) in [6, 6.07) is 9.43. The summed E-state index contributed by atoms with van der Waals surface area (Å²) in [4.78, 5) is 11.7. The van der Waals surface area contributed by atoms with Crippen molar-refractivity contribution in [2.24, 2.45) is 0 Å². The monoisotopic (exact) mass is 430 g/mol. The van der Waals surface area contributed by atoms with E-state index in [4.69, 9.17) is 0 Å². The van der Waals surface area contributed by atoms with E-state index in [9.17, 15) is 18.7 Å². The number of hydrogen-bond donors (Lipinski definition) is 3. The molecule has 31 heavy (non-hydrogen) atoms. The highest BCUT2D eigenvalue weighted by Crippen LogP contribution is 2.31. The van der Waals surface area contributed by atoms with Crippen molar-refractivity contribution in [3.63, 3.8) is 0 Å². The van der Waals surface area contributed by atoms with Crippen LogP contribution in [0, 0.1) is 11.6 Å². The molecule has 3 rings (SSSR count). The first kappa shape index (κ1) is 23.4. The van der Waals surface area contributed by atoms with Crippen molar-refractivity contribution >= 4 is 5.91 Å².